The molecule has 0 bridgehead atoms. The third-order valence-electron chi connectivity index (χ3n) is 4.39. The summed E-state index contributed by atoms with van der Waals surface area (Å²) in [6.45, 7) is 4.39. The molecule has 2 aromatic heterocycles. The van der Waals surface area contributed by atoms with Gasteiger partial charge in [0.05, 0.1) is 5.69 Å². The molecule has 0 spiro atoms. The van der Waals surface area contributed by atoms with Crippen molar-refractivity contribution in [1.29, 1.82) is 0 Å². The summed E-state index contributed by atoms with van der Waals surface area (Å²) >= 11 is 3.09. The molecule has 2 aromatic carbocycles. The normalized spacial score (nSPS) is 12.5. The molecule has 6 nitrogen and oxygen atoms in total. The van der Waals surface area contributed by atoms with Crippen molar-refractivity contribution in [3.63, 3.8) is 0 Å². The molecule has 1 aliphatic heterocycles. The van der Waals surface area contributed by atoms with Crippen molar-refractivity contribution in [2.24, 2.45) is 0 Å². The van der Waals surface area contributed by atoms with Crippen LogP contribution >= 0.6 is 23.1 Å². The molecule has 146 valence electrons. The van der Waals surface area contributed by atoms with Gasteiger partial charge in [0.2, 0.25) is 12.7 Å². The second-order valence-electron chi connectivity index (χ2n) is 6.75. The van der Waals surface area contributed by atoms with Crippen LogP contribution in [0.25, 0.3) is 22.0 Å². The Labute approximate surface area is 175 Å². The first-order valence-corrected chi connectivity index (χ1v) is 10.9. The molecular weight excluding hydrogens is 406 g/mol. The third kappa shape index (κ3) is 3.86. The number of fused-ring (bicyclic) bond motifs is 1. The van der Waals surface area contributed by atoms with Crippen molar-refractivity contribution in [2.75, 3.05) is 6.79 Å². The average Bonchev–Trinajstić information content (AvgIpc) is 3.44. The van der Waals surface area contributed by atoms with E-state index in [1.807, 2.05) is 35.7 Å². The highest BCUT2D eigenvalue weighted by Crippen LogP contribution is 2.37. The highest BCUT2D eigenvalue weighted by Gasteiger charge is 2.16. The Hall–Kier alpha value is -2.84. The fraction of sp³-hybridized carbons (Fsp3) is 0.190. The SMILES string of the molecule is Cc1cc(C)cc(-c2nnc(SCc3csc(-c4ccc5c(c4)OCO5)n3)o2)c1. The summed E-state index contributed by atoms with van der Waals surface area (Å²) in [5.74, 6) is 2.74. The molecule has 5 rings (SSSR count). The third-order valence-corrected chi connectivity index (χ3v) is 6.18. The summed E-state index contributed by atoms with van der Waals surface area (Å²) in [6.07, 6.45) is 0. The van der Waals surface area contributed by atoms with Crippen molar-refractivity contribution in [1.82, 2.24) is 15.2 Å². The van der Waals surface area contributed by atoms with E-state index in [0.29, 0.717) is 16.9 Å². The maximum atomic E-state index is 5.83. The summed E-state index contributed by atoms with van der Waals surface area (Å²) in [4.78, 5) is 4.72. The maximum absolute atomic E-state index is 5.83. The summed E-state index contributed by atoms with van der Waals surface area (Å²) in [6, 6.07) is 12.1. The van der Waals surface area contributed by atoms with Gasteiger partial charge in [-0.1, -0.05) is 29.0 Å². The lowest BCUT2D eigenvalue weighted by Crippen LogP contribution is -1.92. The molecule has 0 unspecified atom stereocenters. The maximum Gasteiger partial charge on any atom is 0.277 e. The first kappa shape index (κ1) is 18.2. The molecule has 0 fully saturated rings. The minimum atomic E-state index is 0.271. The van der Waals surface area contributed by atoms with Crippen molar-refractivity contribution in [2.45, 2.75) is 24.8 Å². The molecule has 0 saturated carbocycles. The van der Waals surface area contributed by atoms with Crippen molar-refractivity contribution >= 4 is 23.1 Å². The van der Waals surface area contributed by atoms with Crippen LogP contribution < -0.4 is 9.47 Å². The van der Waals surface area contributed by atoms with Gasteiger partial charge in [-0.2, -0.15) is 0 Å². The Morgan fingerprint density at radius 2 is 1.79 bits per heavy atom. The van der Waals surface area contributed by atoms with E-state index in [-0.39, 0.29) is 6.79 Å². The van der Waals surface area contributed by atoms with Gasteiger partial charge in [0.15, 0.2) is 11.5 Å². The zero-order valence-electron chi connectivity index (χ0n) is 15.8. The monoisotopic (exact) mass is 423 g/mol. The van der Waals surface area contributed by atoms with Gasteiger partial charge < -0.3 is 13.9 Å². The first-order chi connectivity index (χ1) is 14.1. The predicted molar refractivity (Wildman–Crippen MR) is 112 cm³/mol. The highest BCUT2D eigenvalue weighted by atomic mass is 32.2. The van der Waals surface area contributed by atoms with Crippen molar-refractivity contribution < 1.29 is 13.9 Å². The molecular formula is C21H17N3O3S2. The van der Waals surface area contributed by atoms with Crippen molar-refractivity contribution in [3.05, 3.63) is 58.6 Å². The molecule has 0 amide bonds. The van der Waals surface area contributed by atoms with Crippen LogP contribution in [0.3, 0.4) is 0 Å². The van der Waals surface area contributed by atoms with E-state index in [9.17, 15) is 0 Å². The van der Waals surface area contributed by atoms with Gasteiger partial charge >= 0.3 is 0 Å². The van der Waals surface area contributed by atoms with Gasteiger partial charge in [-0.05, 0) is 44.2 Å². The van der Waals surface area contributed by atoms with Gasteiger partial charge in [-0.3, -0.25) is 0 Å². The van der Waals surface area contributed by atoms with Crippen LogP contribution in [0.1, 0.15) is 16.8 Å². The smallest absolute Gasteiger partial charge is 0.277 e. The van der Waals surface area contributed by atoms with Crippen LogP contribution in [-0.4, -0.2) is 22.0 Å². The number of nitrogens with zero attached hydrogens (tertiary/aromatic N) is 3. The second-order valence-corrected chi connectivity index (χ2v) is 8.53. The fourth-order valence-corrected chi connectivity index (χ4v) is 4.73. The summed E-state index contributed by atoms with van der Waals surface area (Å²) < 4.78 is 16.6. The van der Waals surface area contributed by atoms with E-state index >= 15 is 0 Å². The number of rotatable bonds is 5. The van der Waals surface area contributed by atoms with E-state index in [1.54, 1.807) is 11.3 Å². The first-order valence-electron chi connectivity index (χ1n) is 9.03. The second kappa shape index (κ2) is 7.53. The van der Waals surface area contributed by atoms with Crippen LogP contribution in [0.4, 0.5) is 0 Å². The van der Waals surface area contributed by atoms with Crippen LogP contribution in [-0.2, 0) is 5.75 Å². The van der Waals surface area contributed by atoms with Gasteiger partial charge in [0.1, 0.15) is 5.01 Å². The van der Waals surface area contributed by atoms with Crippen LogP contribution in [0.15, 0.2) is 51.4 Å². The van der Waals surface area contributed by atoms with E-state index in [2.05, 4.69) is 30.1 Å². The number of thiazole rings is 1. The number of benzene rings is 2. The minimum Gasteiger partial charge on any atom is -0.454 e. The Bertz CT molecular complexity index is 1170. The summed E-state index contributed by atoms with van der Waals surface area (Å²) in [5.41, 5.74) is 5.28. The summed E-state index contributed by atoms with van der Waals surface area (Å²) in [7, 11) is 0. The van der Waals surface area contributed by atoms with E-state index in [1.165, 1.54) is 22.9 Å². The highest BCUT2D eigenvalue weighted by molar-refractivity contribution is 7.98. The van der Waals surface area contributed by atoms with Crippen molar-refractivity contribution in [3.8, 4) is 33.5 Å². The number of aryl methyl sites for hydroxylation is 2. The quantitative estimate of drug-likeness (QED) is 0.393. The molecule has 0 aliphatic carbocycles. The molecule has 3 heterocycles. The largest absolute Gasteiger partial charge is 0.454 e. The topological polar surface area (TPSA) is 70.3 Å². The Balaban J connectivity index is 1.27. The number of thioether (sulfide) groups is 1. The average molecular weight is 424 g/mol. The van der Waals surface area contributed by atoms with Crippen LogP contribution in [0, 0.1) is 13.8 Å². The lowest BCUT2D eigenvalue weighted by Gasteiger charge is -2.00. The zero-order valence-corrected chi connectivity index (χ0v) is 17.5. The molecule has 4 aromatic rings. The number of ether oxygens (including phenoxy) is 2. The van der Waals surface area contributed by atoms with E-state index < -0.39 is 0 Å². The zero-order chi connectivity index (χ0) is 19.8. The van der Waals surface area contributed by atoms with Gasteiger partial charge in [-0.25, -0.2) is 4.98 Å². The number of hydrogen-bond donors (Lipinski definition) is 0. The Morgan fingerprint density at radius 3 is 2.66 bits per heavy atom. The minimum absolute atomic E-state index is 0.271. The predicted octanol–water partition coefficient (Wildman–Crippen LogP) is 5.50. The fourth-order valence-electron chi connectivity index (χ4n) is 3.15. The Morgan fingerprint density at radius 1 is 0.966 bits per heavy atom. The van der Waals surface area contributed by atoms with E-state index in [0.717, 1.165) is 33.3 Å². The van der Waals surface area contributed by atoms with Gasteiger partial charge in [-0.15, -0.1) is 21.5 Å². The molecule has 0 atom stereocenters. The lowest BCUT2D eigenvalue weighted by molar-refractivity contribution is 0.174. The standard InChI is InChI=1S/C21H17N3O3S2/c1-12-5-13(2)7-15(6-12)19-23-24-21(27-19)29-10-16-9-28-20(22-16)14-3-4-17-18(8-14)26-11-25-17/h3-9H,10-11H2,1-2H3. The van der Waals surface area contributed by atoms with E-state index in [4.69, 9.17) is 18.9 Å². The molecule has 0 radical (unpaired) electrons. The number of hydrogen-bond acceptors (Lipinski definition) is 8. The lowest BCUT2D eigenvalue weighted by atomic mass is 10.1. The molecule has 29 heavy (non-hydrogen) atoms. The molecule has 8 heteroatoms. The van der Waals surface area contributed by atoms with Crippen LogP contribution in [0.2, 0.25) is 0 Å². The Kier molecular flexibility index (Phi) is 4.73. The molecule has 1 aliphatic rings. The number of aromatic nitrogens is 3. The van der Waals surface area contributed by atoms with Gasteiger partial charge in [0, 0.05) is 22.3 Å². The van der Waals surface area contributed by atoms with Crippen LogP contribution in [0.5, 0.6) is 11.5 Å². The summed E-state index contributed by atoms with van der Waals surface area (Å²) in [5, 5.41) is 11.9. The van der Waals surface area contributed by atoms with Gasteiger partial charge in [0.25, 0.3) is 5.22 Å². The molecule has 0 saturated heterocycles. The molecule has 0 N–H and O–H groups in total.